The summed E-state index contributed by atoms with van der Waals surface area (Å²) < 4.78 is 18.1. The zero-order chi connectivity index (χ0) is 17.0. The fourth-order valence-electron chi connectivity index (χ4n) is 2.58. The number of rotatable bonds is 5. The fourth-order valence-corrected chi connectivity index (χ4v) is 2.58. The topological polar surface area (TPSA) is 55.3 Å². The van der Waals surface area contributed by atoms with Crippen molar-refractivity contribution < 1.29 is 13.9 Å². The van der Waals surface area contributed by atoms with Gasteiger partial charge in [-0.2, -0.15) is 4.98 Å². The highest BCUT2D eigenvalue weighted by Gasteiger charge is 2.26. The van der Waals surface area contributed by atoms with Gasteiger partial charge in [-0.3, -0.25) is 4.79 Å². The molecule has 1 atom stereocenters. The number of halogens is 1. The van der Waals surface area contributed by atoms with E-state index in [1.165, 1.54) is 25.4 Å². The van der Waals surface area contributed by atoms with Crippen LogP contribution in [0.4, 0.5) is 4.39 Å². The van der Waals surface area contributed by atoms with Crippen LogP contribution in [0.2, 0.25) is 0 Å². The quantitative estimate of drug-likeness (QED) is 0.850. The van der Waals surface area contributed by atoms with Gasteiger partial charge in [-0.05, 0) is 29.7 Å². The highest BCUT2D eigenvalue weighted by Crippen LogP contribution is 2.28. The molecule has 1 unspecified atom stereocenters. The number of carbonyl (C=O) groups is 1. The van der Waals surface area contributed by atoms with Crippen molar-refractivity contribution in [2.45, 2.75) is 19.9 Å². The lowest BCUT2D eigenvalue weighted by molar-refractivity contribution is 0.0680. The third-order valence-electron chi connectivity index (χ3n) is 3.62. The van der Waals surface area contributed by atoms with E-state index < -0.39 is 0 Å². The van der Waals surface area contributed by atoms with Crippen molar-refractivity contribution in [2.75, 3.05) is 14.2 Å². The van der Waals surface area contributed by atoms with Crippen molar-refractivity contribution in [1.82, 2.24) is 14.9 Å². The molecule has 1 aromatic carbocycles. The summed E-state index contributed by atoms with van der Waals surface area (Å²) in [5.41, 5.74) is 1.13. The molecule has 23 heavy (non-hydrogen) atoms. The van der Waals surface area contributed by atoms with Gasteiger partial charge >= 0.3 is 6.01 Å². The highest BCUT2D eigenvalue weighted by molar-refractivity contribution is 5.92. The Balaban J connectivity index is 2.31. The van der Waals surface area contributed by atoms with E-state index in [4.69, 9.17) is 4.74 Å². The molecule has 0 saturated heterocycles. The highest BCUT2D eigenvalue weighted by atomic mass is 19.1. The smallest absolute Gasteiger partial charge is 0.316 e. The van der Waals surface area contributed by atoms with Crippen LogP contribution in [0.1, 0.15) is 35.9 Å². The molecular weight excluding hydrogens is 297 g/mol. The van der Waals surface area contributed by atoms with E-state index in [2.05, 4.69) is 9.97 Å². The average Bonchev–Trinajstić information content (AvgIpc) is 2.55. The second-order valence-electron chi connectivity index (χ2n) is 5.59. The van der Waals surface area contributed by atoms with E-state index in [0.717, 1.165) is 5.56 Å². The van der Waals surface area contributed by atoms with Crippen LogP contribution in [-0.4, -0.2) is 34.9 Å². The molecule has 0 saturated carbocycles. The molecule has 0 aliphatic heterocycles. The third kappa shape index (κ3) is 3.83. The first-order valence-corrected chi connectivity index (χ1v) is 7.33. The molecule has 0 bridgehead atoms. The van der Waals surface area contributed by atoms with Crippen LogP contribution < -0.4 is 4.74 Å². The van der Waals surface area contributed by atoms with E-state index >= 15 is 0 Å². The molecule has 1 heterocycles. The predicted molar refractivity (Wildman–Crippen MR) is 84.7 cm³/mol. The Morgan fingerprint density at radius 1 is 1.22 bits per heavy atom. The van der Waals surface area contributed by atoms with E-state index in [-0.39, 0.29) is 35.4 Å². The fraction of sp³-hybridized carbons (Fsp3) is 0.353. The molecule has 2 aromatic rings. The SMILES string of the molecule is COc1nccc(C(=O)N(C)C(c2ccc(F)cc2)C(C)C)n1. The summed E-state index contributed by atoms with van der Waals surface area (Å²) in [6.07, 6.45) is 1.48. The van der Waals surface area contributed by atoms with E-state index in [1.54, 1.807) is 30.1 Å². The van der Waals surface area contributed by atoms with Gasteiger partial charge in [0.15, 0.2) is 0 Å². The zero-order valence-corrected chi connectivity index (χ0v) is 13.7. The second-order valence-corrected chi connectivity index (χ2v) is 5.59. The van der Waals surface area contributed by atoms with Crippen molar-refractivity contribution in [1.29, 1.82) is 0 Å². The number of amides is 1. The monoisotopic (exact) mass is 317 g/mol. The molecule has 0 aliphatic rings. The summed E-state index contributed by atoms with van der Waals surface area (Å²) in [6, 6.07) is 7.70. The molecular formula is C17H20FN3O2. The molecule has 122 valence electrons. The molecule has 1 aromatic heterocycles. The Bertz CT molecular complexity index is 674. The largest absolute Gasteiger partial charge is 0.467 e. The van der Waals surface area contributed by atoms with Gasteiger partial charge in [0.05, 0.1) is 13.2 Å². The van der Waals surface area contributed by atoms with Gasteiger partial charge < -0.3 is 9.64 Å². The van der Waals surface area contributed by atoms with Gasteiger partial charge in [0.1, 0.15) is 11.5 Å². The first-order valence-electron chi connectivity index (χ1n) is 7.33. The van der Waals surface area contributed by atoms with Crippen molar-refractivity contribution >= 4 is 5.91 Å². The Morgan fingerprint density at radius 2 is 1.87 bits per heavy atom. The zero-order valence-electron chi connectivity index (χ0n) is 13.7. The number of benzene rings is 1. The molecule has 2 rings (SSSR count). The predicted octanol–water partition coefficient (Wildman–Crippen LogP) is 3.09. The Hall–Kier alpha value is -2.50. The molecule has 0 fully saturated rings. The Kier molecular flexibility index (Phi) is 5.26. The summed E-state index contributed by atoms with van der Waals surface area (Å²) >= 11 is 0. The van der Waals surface area contributed by atoms with Crippen LogP contribution in [0.5, 0.6) is 6.01 Å². The van der Waals surface area contributed by atoms with Crippen LogP contribution in [0, 0.1) is 11.7 Å². The first kappa shape index (κ1) is 16.9. The lowest BCUT2D eigenvalue weighted by Crippen LogP contribution is -2.34. The molecule has 6 heteroatoms. The van der Waals surface area contributed by atoms with Gasteiger partial charge in [-0.15, -0.1) is 0 Å². The normalized spacial score (nSPS) is 12.1. The summed E-state index contributed by atoms with van der Waals surface area (Å²) in [6.45, 7) is 4.02. The van der Waals surface area contributed by atoms with Gasteiger partial charge in [0.2, 0.25) is 0 Å². The number of methoxy groups -OCH3 is 1. The third-order valence-corrected chi connectivity index (χ3v) is 3.62. The average molecular weight is 317 g/mol. The molecule has 0 radical (unpaired) electrons. The minimum absolute atomic E-state index is 0.145. The number of nitrogens with zero attached hydrogens (tertiary/aromatic N) is 3. The molecule has 5 nitrogen and oxygen atoms in total. The molecule has 0 aliphatic carbocycles. The first-order chi connectivity index (χ1) is 10.9. The van der Waals surface area contributed by atoms with Crippen LogP contribution in [0.25, 0.3) is 0 Å². The lowest BCUT2D eigenvalue weighted by atomic mass is 9.94. The minimum Gasteiger partial charge on any atom is -0.467 e. The number of carbonyl (C=O) groups excluding carboxylic acids is 1. The number of ether oxygens (including phenoxy) is 1. The van der Waals surface area contributed by atoms with Crippen molar-refractivity contribution in [3.05, 3.63) is 53.6 Å². The maximum atomic E-state index is 13.1. The van der Waals surface area contributed by atoms with Crippen molar-refractivity contribution in [3.63, 3.8) is 0 Å². The summed E-state index contributed by atoms with van der Waals surface area (Å²) in [5.74, 6) is -0.391. The van der Waals surface area contributed by atoms with E-state index in [0.29, 0.717) is 0 Å². The van der Waals surface area contributed by atoms with Crippen molar-refractivity contribution in [2.24, 2.45) is 5.92 Å². The summed E-state index contributed by atoms with van der Waals surface area (Å²) in [4.78, 5) is 22.3. The summed E-state index contributed by atoms with van der Waals surface area (Å²) in [5, 5.41) is 0. The van der Waals surface area contributed by atoms with Gasteiger partial charge in [0.25, 0.3) is 5.91 Å². The maximum absolute atomic E-state index is 13.1. The van der Waals surface area contributed by atoms with Crippen LogP contribution in [-0.2, 0) is 0 Å². The van der Waals surface area contributed by atoms with Gasteiger partial charge in [-0.1, -0.05) is 26.0 Å². The number of aromatic nitrogens is 2. The summed E-state index contributed by atoms with van der Waals surface area (Å²) in [7, 11) is 3.16. The Labute approximate surface area is 135 Å². The number of hydrogen-bond donors (Lipinski definition) is 0. The Morgan fingerprint density at radius 3 is 2.43 bits per heavy atom. The second kappa shape index (κ2) is 7.17. The van der Waals surface area contributed by atoms with E-state index in [9.17, 15) is 9.18 Å². The standard InChI is InChI=1S/C17H20FN3O2/c1-11(2)15(12-5-7-13(18)8-6-12)21(3)16(22)14-9-10-19-17(20-14)23-4/h5-11,15H,1-4H3. The van der Waals surface area contributed by atoms with Crippen molar-refractivity contribution in [3.8, 4) is 6.01 Å². The van der Waals surface area contributed by atoms with Gasteiger partial charge in [-0.25, -0.2) is 9.37 Å². The number of hydrogen-bond acceptors (Lipinski definition) is 4. The lowest BCUT2D eigenvalue weighted by Gasteiger charge is -2.31. The molecule has 0 N–H and O–H groups in total. The van der Waals surface area contributed by atoms with Crippen LogP contribution >= 0.6 is 0 Å². The van der Waals surface area contributed by atoms with E-state index in [1.807, 2.05) is 13.8 Å². The van der Waals surface area contributed by atoms with Crippen LogP contribution in [0.3, 0.4) is 0 Å². The van der Waals surface area contributed by atoms with Gasteiger partial charge in [0, 0.05) is 13.2 Å². The molecule has 0 spiro atoms. The maximum Gasteiger partial charge on any atom is 0.316 e. The molecule has 1 amide bonds. The minimum atomic E-state index is -0.300. The van der Waals surface area contributed by atoms with Crippen LogP contribution in [0.15, 0.2) is 36.5 Å².